The van der Waals surface area contributed by atoms with Crippen molar-refractivity contribution >= 4 is 25.7 Å². The molecule has 0 aliphatic carbocycles. The predicted molar refractivity (Wildman–Crippen MR) is 307 cm³/mol. The number of hydrogen-bond acceptors (Lipinski definition) is 10. The quantitative estimate of drug-likeness (QED) is 0.0197. The first-order valence-corrected chi connectivity index (χ1v) is 31.3. The number of ether oxygens (including phenoxy) is 3. The molecular formula is C62H109O11P. The number of aliphatic hydroxyl groups excluding tert-OH is 1. The van der Waals surface area contributed by atoms with Gasteiger partial charge in [0.2, 0.25) is 0 Å². The summed E-state index contributed by atoms with van der Waals surface area (Å²) in [5.41, 5.74) is 0. The van der Waals surface area contributed by atoms with Gasteiger partial charge in [-0.3, -0.25) is 23.4 Å². The lowest BCUT2D eigenvalue weighted by Crippen LogP contribution is -2.30. The summed E-state index contributed by atoms with van der Waals surface area (Å²) in [6.07, 6.45) is 63.0. The Kier molecular flexibility index (Phi) is 53.8. The molecule has 0 aromatic rings. The van der Waals surface area contributed by atoms with Crippen LogP contribution in [0.3, 0.4) is 0 Å². The molecule has 0 bridgehead atoms. The zero-order chi connectivity index (χ0) is 54.1. The van der Waals surface area contributed by atoms with Crippen LogP contribution in [0.15, 0.2) is 72.9 Å². The van der Waals surface area contributed by atoms with Crippen molar-refractivity contribution in [2.45, 2.75) is 277 Å². The van der Waals surface area contributed by atoms with Gasteiger partial charge in [-0.25, -0.2) is 4.57 Å². The minimum atomic E-state index is -4.77. The van der Waals surface area contributed by atoms with E-state index in [1.54, 1.807) is 0 Å². The molecule has 0 saturated carbocycles. The first-order valence-electron chi connectivity index (χ1n) is 29.8. The fraction of sp³-hybridized carbons (Fsp3) is 0.758. The fourth-order valence-electron chi connectivity index (χ4n) is 8.07. The fourth-order valence-corrected chi connectivity index (χ4v) is 8.85. The summed E-state index contributed by atoms with van der Waals surface area (Å²) in [6, 6.07) is 0. The Labute approximate surface area is 452 Å². The average Bonchev–Trinajstić information content (AvgIpc) is 3.39. The van der Waals surface area contributed by atoms with Crippen molar-refractivity contribution in [3.8, 4) is 0 Å². The Morgan fingerprint density at radius 2 is 0.730 bits per heavy atom. The van der Waals surface area contributed by atoms with Gasteiger partial charge in [-0.2, -0.15) is 0 Å². The number of allylic oxidation sites excluding steroid dienone is 12. The minimum Gasteiger partial charge on any atom is -0.462 e. The SMILES string of the molecule is CC/C=C\C/C=C\C/C=C\C/C=C\CCC(=O)OC(CO)COP(=O)(O)OCC(COC(=O)CCCCCCCCC/C=C\CCCCCCCC)OC(=O)CCCCCCCCC/C=C\CCCCCCCC. The van der Waals surface area contributed by atoms with Gasteiger partial charge in [0, 0.05) is 19.3 Å². The second-order valence-corrected chi connectivity index (χ2v) is 21.2. The predicted octanol–water partition coefficient (Wildman–Crippen LogP) is 17.7. The monoisotopic (exact) mass is 1060 g/mol. The zero-order valence-corrected chi connectivity index (χ0v) is 48.2. The van der Waals surface area contributed by atoms with Crippen molar-refractivity contribution in [2.75, 3.05) is 26.4 Å². The number of hydrogen-bond donors (Lipinski definition) is 2. The molecule has 2 N–H and O–H groups in total. The molecule has 0 rings (SSSR count). The highest BCUT2D eigenvalue weighted by Crippen LogP contribution is 2.43. The molecule has 11 nitrogen and oxygen atoms in total. The Bertz CT molecular complexity index is 1520. The lowest BCUT2D eigenvalue weighted by atomic mass is 10.1. The molecule has 3 atom stereocenters. The van der Waals surface area contributed by atoms with Crippen LogP contribution in [0.4, 0.5) is 0 Å². The smallest absolute Gasteiger partial charge is 0.462 e. The van der Waals surface area contributed by atoms with Crippen LogP contribution in [-0.4, -0.2) is 66.5 Å². The summed E-state index contributed by atoms with van der Waals surface area (Å²) in [4.78, 5) is 48.5. The maximum Gasteiger partial charge on any atom is 0.472 e. The van der Waals surface area contributed by atoms with Crippen molar-refractivity contribution in [1.82, 2.24) is 0 Å². The number of aliphatic hydroxyl groups is 1. The first-order chi connectivity index (χ1) is 36.2. The van der Waals surface area contributed by atoms with Crippen LogP contribution in [0.1, 0.15) is 265 Å². The summed E-state index contributed by atoms with van der Waals surface area (Å²) in [6.45, 7) is 4.45. The molecule has 12 heteroatoms. The van der Waals surface area contributed by atoms with E-state index in [-0.39, 0.29) is 25.9 Å². The normalized spacial score (nSPS) is 13.9. The van der Waals surface area contributed by atoms with Crippen LogP contribution in [0.2, 0.25) is 0 Å². The van der Waals surface area contributed by atoms with Crippen molar-refractivity contribution in [1.29, 1.82) is 0 Å². The lowest BCUT2D eigenvalue weighted by Gasteiger charge is -2.21. The third-order valence-corrected chi connectivity index (χ3v) is 13.5. The van der Waals surface area contributed by atoms with Gasteiger partial charge in [-0.15, -0.1) is 0 Å². The molecule has 74 heavy (non-hydrogen) atoms. The molecule has 0 saturated heterocycles. The van der Waals surface area contributed by atoms with Gasteiger partial charge in [-0.05, 0) is 96.3 Å². The summed E-state index contributed by atoms with van der Waals surface area (Å²) < 4.78 is 39.5. The highest BCUT2D eigenvalue weighted by atomic mass is 31.2. The molecule has 0 aromatic carbocycles. The summed E-state index contributed by atoms with van der Waals surface area (Å²) in [5.74, 6) is -1.55. The van der Waals surface area contributed by atoms with E-state index < -0.39 is 57.8 Å². The molecule has 0 heterocycles. The molecule has 0 aromatic heterocycles. The van der Waals surface area contributed by atoms with Gasteiger partial charge >= 0.3 is 25.7 Å². The van der Waals surface area contributed by atoms with Gasteiger partial charge in [0.25, 0.3) is 0 Å². The molecule has 3 unspecified atom stereocenters. The largest absolute Gasteiger partial charge is 0.472 e. The second-order valence-electron chi connectivity index (χ2n) is 19.8. The summed E-state index contributed by atoms with van der Waals surface area (Å²) in [7, 11) is -4.77. The highest BCUT2D eigenvalue weighted by Gasteiger charge is 2.28. The molecule has 0 aliphatic heterocycles. The van der Waals surface area contributed by atoms with Crippen LogP contribution in [0.25, 0.3) is 0 Å². The van der Waals surface area contributed by atoms with E-state index in [1.165, 1.54) is 122 Å². The Balaban J connectivity index is 4.78. The van der Waals surface area contributed by atoms with E-state index in [4.69, 9.17) is 23.3 Å². The van der Waals surface area contributed by atoms with Crippen molar-refractivity contribution in [3.63, 3.8) is 0 Å². The van der Waals surface area contributed by atoms with E-state index in [2.05, 4.69) is 81.5 Å². The number of unbranched alkanes of at least 4 members (excludes halogenated alkanes) is 26. The van der Waals surface area contributed by atoms with Gasteiger partial charge in [0.1, 0.15) is 12.7 Å². The maximum atomic E-state index is 12.9. The third-order valence-electron chi connectivity index (χ3n) is 12.6. The lowest BCUT2D eigenvalue weighted by molar-refractivity contribution is -0.161. The number of phosphoric acid groups is 1. The Hall–Kier alpha value is -3.08. The van der Waals surface area contributed by atoms with E-state index in [1.807, 2.05) is 12.2 Å². The van der Waals surface area contributed by atoms with Crippen molar-refractivity contribution in [2.24, 2.45) is 0 Å². The van der Waals surface area contributed by atoms with Crippen molar-refractivity contribution < 1.29 is 52.2 Å². The Morgan fingerprint density at radius 1 is 0.392 bits per heavy atom. The number of rotatable bonds is 55. The second kappa shape index (κ2) is 56.1. The molecule has 0 spiro atoms. The van der Waals surface area contributed by atoms with Gasteiger partial charge in [0.05, 0.1) is 19.8 Å². The topological polar surface area (TPSA) is 155 Å². The zero-order valence-electron chi connectivity index (χ0n) is 47.3. The highest BCUT2D eigenvalue weighted by molar-refractivity contribution is 7.47. The van der Waals surface area contributed by atoms with Crippen LogP contribution in [-0.2, 0) is 42.2 Å². The third kappa shape index (κ3) is 53.7. The Morgan fingerprint density at radius 3 is 1.16 bits per heavy atom. The summed E-state index contributed by atoms with van der Waals surface area (Å²) in [5, 5.41) is 9.79. The average molecular weight is 1060 g/mol. The molecule has 0 radical (unpaired) electrons. The maximum absolute atomic E-state index is 12.9. The molecule has 0 fully saturated rings. The van der Waals surface area contributed by atoms with Crippen molar-refractivity contribution in [3.05, 3.63) is 72.9 Å². The van der Waals surface area contributed by atoms with E-state index >= 15 is 0 Å². The molecule has 0 aliphatic rings. The number of carbonyl (C=O) groups excluding carboxylic acids is 3. The van der Waals surface area contributed by atoms with Gasteiger partial charge in [0.15, 0.2) is 6.10 Å². The van der Waals surface area contributed by atoms with Crippen LogP contribution >= 0.6 is 7.82 Å². The number of esters is 3. The minimum absolute atomic E-state index is 0.0545. The molecular weight excluding hydrogens is 952 g/mol. The molecule has 428 valence electrons. The van der Waals surface area contributed by atoms with Crippen LogP contribution in [0, 0.1) is 0 Å². The van der Waals surface area contributed by atoms with E-state index in [9.17, 15) is 28.9 Å². The summed E-state index contributed by atoms with van der Waals surface area (Å²) >= 11 is 0. The van der Waals surface area contributed by atoms with E-state index in [0.29, 0.717) is 19.3 Å². The first kappa shape index (κ1) is 70.9. The standard InChI is InChI=1S/C62H109O11P/c1-4-7-10-13-16-19-22-25-27-29-31-34-36-39-42-45-48-51-60(64)69-55-59(73-62(66)53-50-47-44-41-38-35-32-30-28-26-23-20-17-14-11-8-5-2)57-71-74(67,68)70-56-58(54-63)72-61(65)52-49-46-43-40-37-33-24-21-18-15-12-9-6-3/h9,12,18,21,25-28,33,37,43,46,58-59,63H,4-8,10-11,13-17,19-20,22-24,29-32,34-36,38-42,44-45,47-57H2,1-3H3,(H,67,68)/b12-9-,21-18-,27-25-,28-26-,37-33-,46-43-. The van der Waals surface area contributed by atoms with Gasteiger partial charge < -0.3 is 24.2 Å². The molecule has 0 amide bonds. The van der Waals surface area contributed by atoms with Gasteiger partial charge in [-0.1, -0.05) is 222 Å². The van der Waals surface area contributed by atoms with E-state index in [0.717, 1.165) is 83.5 Å². The number of carbonyl (C=O) groups is 3. The number of phosphoric ester groups is 1. The van der Waals surface area contributed by atoms with Crippen LogP contribution < -0.4 is 0 Å². The van der Waals surface area contributed by atoms with Crippen LogP contribution in [0.5, 0.6) is 0 Å².